The number of aromatic nitrogens is 1. The number of hydrogen-bond donors (Lipinski definition) is 1. The van der Waals surface area contributed by atoms with Gasteiger partial charge < -0.3 is 9.84 Å². The Morgan fingerprint density at radius 3 is 2.81 bits per heavy atom. The van der Waals surface area contributed by atoms with E-state index in [1.165, 1.54) is 12.4 Å². The van der Waals surface area contributed by atoms with E-state index in [1.807, 2.05) is 13.8 Å². The van der Waals surface area contributed by atoms with E-state index in [-0.39, 0.29) is 11.8 Å². The highest BCUT2D eigenvalue weighted by Gasteiger charge is 2.36. The highest BCUT2D eigenvalue weighted by molar-refractivity contribution is 6.33. The topological polar surface area (TPSA) is 59.4 Å². The van der Waals surface area contributed by atoms with Gasteiger partial charge in [-0.15, -0.1) is 0 Å². The molecule has 1 aromatic heterocycles. The van der Waals surface area contributed by atoms with Gasteiger partial charge in [-0.1, -0.05) is 24.4 Å². The number of halogens is 1. The maximum absolute atomic E-state index is 11.1. The lowest BCUT2D eigenvalue weighted by Gasteiger charge is -2.39. The molecule has 0 aromatic carbocycles. The van der Waals surface area contributed by atoms with Crippen LogP contribution in [0.3, 0.4) is 0 Å². The fraction of sp³-hybridized carbons (Fsp3) is 0.625. The van der Waals surface area contributed by atoms with Gasteiger partial charge in [0.05, 0.1) is 29.0 Å². The van der Waals surface area contributed by atoms with Gasteiger partial charge in [-0.3, -0.25) is 9.78 Å². The zero-order chi connectivity index (χ0) is 15.5. The van der Waals surface area contributed by atoms with Gasteiger partial charge in [-0.05, 0) is 38.5 Å². The predicted molar refractivity (Wildman–Crippen MR) is 81.9 cm³/mol. The second kappa shape index (κ2) is 6.75. The van der Waals surface area contributed by atoms with E-state index in [4.69, 9.17) is 16.3 Å². The molecule has 2 unspecified atom stereocenters. The Kier molecular flexibility index (Phi) is 5.22. The molecule has 1 aliphatic carbocycles. The van der Waals surface area contributed by atoms with Gasteiger partial charge in [0.15, 0.2) is 6.29 Å². The number of nitrogens with zero attached hydrogens (tertiary/aromatic N) is 1. The largest absolute Gasteiger partial charge is 0.491 e. The molecule has 1 heterocycles. The quantitative estimate of drug-likeness (QED) is 0.845. The first-order chi connectivity index (χ1) is 9.93. The zero-order valence-electron chi connectivity index (χ0n) is 12.5. The molecule has 4 nitrogen and oxygen atoms in total. The molecule has 1 N–H and O–H groups in total. The Labute approximate surface area is 130 Å². The van der Waals surface area contributed by atoms with Crippen LogP contribution in [-0.2, 0) is 0 Å². The lowest BCUT2D eigenvalue weighted by Crippen LogP contribution is -2.40. The molecule has 1 aromatic rings. The van der Waals surface area contributed by atoms with Crippen molar-refractivity contribution in [2.75, 3.05) is 6.61 Å². The van der Waals surface area contributed by atoms with Crippen LogP contribution >= 0.6 is 11.6 Å². The number of aldehydes is 1. The molecule has 0 radical (unpaired) electrons. The molecule has 0 amide bonds. The van der Waals surface area contributed by atoms with Gasteiger partial charge in [-0.2, -0.15) is 0 Å². The summed E-state index contributed by atoms with van der Waals surface area (Å²) in [5.41, 5.74) is -0.378. The molecular weight excluding hydrogens is 290 g/mol. The number of pyridine rings is 1. The predicted octanol–water partition coefficient (Wildman–Crippen LogP) is 3.50. The lowest BCUT2D eigenvalue weighted by atomic mass is 9.72. The van der Waals surface area contributed by atoms with E-state index in [0.717, 1.165) is 25.7 Å². The van der Waals surface area contributed by atoms with Crippen LogP contribution in [0.25, 0.3) is 0 Å². The van der Waals surface area contributed by atoms with Gasteiger partial charge in [0.2, 0.25) is 0 Å². The Hall–Kier alpha value is -1.13. The van der Waals surface area contributed by atoms with Crippen LogP contribution in [0, 0.1) is 11.8 Å². The summed E-state index contributed by atoms with van der Waals surface area (Å²) in [7, 11) is 0. The van der Waals surface area contributed by atoms with Crippen molar-refractivity contribution >= 4 is 17.9 Å². The number of ether oxygens (including phenoxy) is 1. The number of rotatable bonds is 5. The van der Waals surface area contributed by atoms with E-state index in [2.05, 4.69) is 4.98 Å². The van der Waals surface area contributed by atoms with Crippen molar-refractivity contribution in [3.05, 3.63) is 23.0 Å². The van der Waals surface area contributed by atoms with Crippen molar-refractivity contribution in [3.8, 4) is 5.75 Å². The summed E-state index contributed by atoms with van der Waals surface area (Å²) in [5, 5.41) is 10.6. The van der Waals surface area contributed by atoms with E-state index < -0.39 is 5.60 Å². The Bertz CT molecular complexity index is 499. The van der Waals surface area contributed by atoms with E-state index >= 15 is 0 Å². The van der Waals surface area contributed by atoms with Crippen molar-refractivity contribution in [3.63, 3.8) is 0 Å². The smallest absolute Gasteiger partial charge is 0.155 e. The maximum atomic E-state index is 11.1. The highest BCUT2D eigenvalue weighted by Crippen LogP contribution is 2.37. The molecule has 116 valence electrons. The second-order valence-corrected chi connectivity index (χ2v) is 6.67. The minimum atomic E-state index is -0.714. The van der Waals surface area contributed by atoms with Crippen molar-refractivity contribution in [1.82, 2.24) is 4.98 Å². The van der Waals surface area contributed by atoms with Crippen LogP contribution in [0.2, 0.25) is 5.02 Å². The third kappa shape index (κ3) is 3.95. The minimum absolute atomic E-state index is 0.207. The van der Waals surface area contributed by atoms with Crippen LogP contribution in [0.1, 0.15) is 49.9 Å². The zero-order valence-corrected chi connectivity index (χ0v) is 13.3. The minimum Gasteiger partial charge on any atom is -0.491 e. The number of aliphatic hydroxyl groups is 1. The Morgan fingerprint density at radius 2 is 2.14 bits per heavy atom. The standard InChI is InChI=1S/C16H22ClNO3/c1-16(2,20)13-6-4-3-5-11(13)10-21-15-8-18-7-14(17)12(15)9-19/h7-9,11,13,20H,3-6,10H2,1-2H3. The summed E-state index contributed by atoms with van der Waals surface area (Å²) >= 11 is 5.94. The maximum Gasteiger partial charge on any atom is 0.155 e. The molecule has 2 atom stereocenters. The lowest BCUT2D eigenvalue weighted by molar-refractivity contribution is -0.0378. The van der Waals surface area contributed by atoms with Gasteiger partial charge >= 0.3 is 0 Å². The fourth-order valence-corrected chi connectivity index (χ4v) is 3.38. The average molecular weight is 312 g/mol. The summed E-state index contributed by atoms with van der Waals surface area (Å²) in [4.78, 5) is 15.0. The fourth-order valence-electron chi connectivity index (χ4n) is 3.19. The first-order valence-electron chi connectivity index (χ1n) is 7.37. The van der Waals surface area contributed by atoms with Crippen molar-refractivity contribution in [1.29, 1.82) is 0 Å². The number of carbonyl (C=O) groups is 1. The van der Waals surface area contributed by atoms with Crippen LogP contribution in [0.4, 0.5) is 0 Å². The molecule has 0 saturated heterocycles. The molecule has 0 spiro atoms. The number of carbonyl (C=O) groups excluding carboxylic acids is 1. The van der Waals surface area contributed by atoms with Crippen molar-refractivity contribution in [2.24, 2.45) is 11.8 Å². The molecule has 0 aliphatic heterocycles. The summed E-state index contributed by atoms with van der Waals surface area (Å²) < 4.78 is 5.78. The van der Waals surface area contributed by atoms with E-state index in [9.17, 15) is 9.90 Å². The van der Waals surface area contributed by atoms with Gasteiger partial charge in [0.25, 0.3) is 0 Å². The molecule has 1 fully saturated rings. The van der Waals surface area contributed by atoms with E-state index in [1.54, 1.807) is 0 Å². The normalized spacial score (nSPS) is 22.9. The first kappa shape index (κ1) is 16.2. The third-order valence-electron chi connectivity index (χ3n) is 4.29. The molecule has 2 rings (SSSR count). The van der Waals surface area contributed by atoms with Crippen LogP contribution in [0.5, 0.6) is 5.75 Å². The second-order valence-electron chi connectivity index (χ2n) is 6.27. The van der Waals surface area contributed by atoms with Crippen LogP contribution < -0.4 is 4.74 Å². The SMILES string of the molecule is CC(C)(O)C1CCCCC1COc1cncc(Cl)c1C=O. The summed E-state index contributed by atoms with van der Waals surface area (Å²) in [6.07, 6.45) is 7.95. The van der Waals surface area contributed by atoms with Crippen LogP contribution in [-0.4, -0.2) is 28.6 Å². The van der Waals surface area contributed by atoms with Gasteiger partial charge in [-0.25, -0.2) is 0 Å². The Balaban J connectivity index is 2.08. The van der Waals surface area contributed by atoms with E-state index in [0.29, 0.717) is 29.2 Å². The molecule has 21 heavy (non-hydrogen) atoms. The molecule has 0 bridgehead atoms. The molecular formula is C16H22ClNO3. The monoisotopic (exact) mass is 311 g/mol. The Morgan fingerprint density at radius 1 is 1.43 bits per heavy atom. The van der Waals surface area contributed by atoms with Crippen LogP contribution in [0.15, 0.2) is 12.4 Å². The van der Waals surface area contributed by atoms with Gasteiger partial charge in [0.1, 0.15) is 5.75 Å². The molecule has 1 aliphatic rings. The number of hydrogen-bond acceptors (Lipinski definition) is 4. The highest BCUT2D eigenvalue weighted by atomic mass is 35.5. The first-order valence-corrected chi connectivity index (χ1v) is 7.75. The molecule has 5 heteroatoms. The van der Waals surface area contributed by atoms with Gasteiger partial charge in [0, 0.05) is 6.20 Å². The third-order valence-corrected chi connectivity index (χ3v) is 4.59. The summed E-state index contributed by atoms with van der Waals surface area (Å²) in [6, 6.07) is 0. The summed E-state index contributed by atoms with van der Waals surface area (Å²) in [6.45, 7) is 4.18. The average Bonchev–Trinajstić information content (AvgIpc) is 2.44. The van der Waals surface area contributed by atoms with Crippen molar-refractivity contribution in [2.45, 2.75) is 45.1 Å². The van der Waals surface area contributed by atoms with Crippen molar-refractivity contribution < 1.29 is 14.6 Å². The molecule has 1 saturated carbocycles. The summed E-state index contributed by atoms with van der Waals surface area (Å²) in [5.74, 6) is 0.896.